The Hall–Kier alpha value is -2.65. The van der Waals surface area contributed by atoms with Crippen LogP contribution in [0, 0.1) is 0 Å². The first-order valence-corrected chi connectivity index (χ1v) is 20.1. The van der Waals surface area contributed by atoms with E-state index in [-0.39, 0.29) is 49.0 Å². The van der Waals surface area contributed by atoms with Crippen molar-refractivity contribution in [1.82, 2.24) is 0 Å². The predicted molar refractivity (Wildman–Crippen MR) is 195 cm³/mol. The lowest BCUT2D eigenvalue weighted by Crippen LogP contribution is -2.35. The first-order valence-electron chi connectivity index (χ1n) is 20.1. The minimum atomic E-state index is -0.409. The van der Waals surface area contributed by atoms with E-state index in [0.29, 0.717) is 45.1 Å². The van der Waals surface area contributed by atoms with Gasteiger partial charge in [-0.1, -0.05) is 112 Å². The number of hydrogen-bond donors (Lipinski definition) is 0. The molecule has 3 unspecified atom stereocenters. The summed E-state index contributed by atoms with van der Waals surface area (Å²) < 4.78 is 27.5. The summed E-state index contributed by atoms with van der Waals surface area (Å²) in [6, 6.07) is 0. The van der Waals surface area contributed by atoms with Crippen LogP contribution in [0.4, 0.5) is 0 Å². The lowest BCUT2D eigenvalue weighted by Gasteiger charge is -2.27. The second-order valence-corrected chi connectivity index (χ2v) is 13.3. The van der Waals surface area contributed by atoms with Gasteiger partial charge in [-0.2, -0.15) is 0 Å². The molecule has 3 atom stereocenters. The van der Waals surface area contributed by atoms with Gasteiger partial charge in [-0.25, -0.2) is 0 Å². The first kappa shape index (κ1) is 47.4. The minimum absolute atomic E-state index is 0.0985. The molecule has 0 aliphatic heterocycles. The van der Waals surface area contributed by atoms with Gasteiger partial charge < -0.3 is 23.7 Å². The van der Waals surface area contributed by atoms with E-state index >= 15 is 0 Å². The number of ether oxygens (including phenoxy) is 5. The maximum atomic E-state index is 12.2. The molecule has 0 aliphatic rings. The van der Waals surface area contributed by atoms with Gasteiger partial charge in [-0.15, -0.1) is 0 Å². The largest absolute Gasteiger partial charge is 0.466 e. The molecule has 0 heterocycles. The van der Waals surface area contributed by atoms with E-state index < -0.39 is 12.2 Å². The standard InChI is InChI=1S/C40H72O10/c1-6-11-12-13-18-23-28-34(49-38(43)9-4)35(50-39(44)10-5)29-24-19-14-15-21-26-31-46-40(45)30-25-20-16-17-22-27-33(48-37(42)8-3)32-47-36(41)7-2/h33-35H,6-32H2,1-5H3. The summed E-state index contributed by atoms with van der Waals surface area (Å²) in [4.78, 5) is 59.6. The summed E-state index contributed by atoms with van der Waals surface area (Å²) in [7, 11) is 0. The lowest BCUT2D eigenvalue weighted by molar-refractivity contribution is -0.169. The number of hydrogen-bond acceptors (Lipinski definition) is 10. The molecule has 10 heteroatoms. The van der Waals surface area contributed by atoms with Crippen LogP contribution in [-0.4, -0.2) is 61.4 Å². The van der Waals surface area contributed by atoms with Gasteiger partial charge in [-0.05, 0) is 51.4 Å². The van der Waals surface area contributed by atoms with Crippen molar-refractivity contribution in [2.24, 2.45) is 0 Å². The van der Waals surface area contributed by atoms with E-state index in [0.717, 1.165) is 89.9 Å². The SMILES string of the molecule is CCCCCCCCC(OC(=O)CC)C(CCCCCCCCOC(=O)CCCCCCCC(COC(=O)CC)OC(=O)CC)OC(=O)CC. The van der Waals surface area contributed by atoms with Crippen molar-refractivity contribution in [2.75, 3.05) is 13.2 Å². The second kappa shape index (κ2) is 33.5. The van der Waals surface area contributed by atoms with E-state index in [1.165, 1.54) is 25.7 Å². The summed E-state index contributed by atoms with van der Waals surface area (Å²) in [5, 5.41) is 0. The molecule has 0 saturated heterocycles. The van der Waals surface area contributed by atoms with Crippen LogP contribution in [0.2, 0.25) is 0 Å². The third-order valence-electron chi connectivity index (χ3n) is 8.76. The van der Waals surface area contributed by atoms with Gasteiger partial charge in [0, 0.05) is 32.1 Å². The summed E-state index contributed by atoms with van der Waals surface area (Å²) in [6.07, 6.45) is 19.7. The smallest absolute Gasteiger partial charge is 0.305 e. The van der Waals surface area contributed by atoms with E-state index in [1.54, 1.807) is 27.7 Å². The molecule has 0 aromatic heterocycles. The topological polar surface area (TPSA) is 132 Å². The normalized spacial score (nSPS) is 12.8. The summed E-state index contributed by atoms with van der Waals surface area (Å²) in [5.74, 6) is -1.25. The zero-order valence-corrected chi connectivity index (χ0v) is 32.4. The van der Waals surface area contributed by atoms with Gasteiger partial charge in [0.05, 0.1) is 6.61 Å². The molecule has 0 aromatic rings. The Morgan fingerprint density at radius 3 is 1.32 bits per heavy atom. The maximum absolute atomic E-state index is 12.2. The Morgan fingerprint density at radius 2 is 0.820 bits per heavy atom. The molecule has 0 saturated carbocycles. The fourth-order valence-electron chi connectivity index (χ4n) is 5.59. The van der Waals surface area contributed by atoms with Crippen LogP contribution in [0.5, 0.6) is 0 Å². The molecular formula is C40H72O10. The Kier molecular flexibility index (Phi) is 31.7. The van der Waals surface area contributed by atoms with Crippen LogP contribution >= 0.6 is 0 Å². The summed E-state index contributed by atoms with van der Waals surface area (Å²) >= 11 is 0. The van der Waals surface area contributed by atoms with Gasteiger partial charge in [0.1, 0.15) is 24.9 Å². The Labute approximate surface area is 303 Å². The Morgan fingerprint density at radius 1 is 0.400 bits per heavy atom. The van der Waals surface area contributed by atoms with E-state index in [9.17, 15) is 24.0 Å². The van der Waals surface area contributed by atoms with E-state index in [4.69, 9.17) is 23.7 Å². The fourth-order valence-corrected chi connectivity index (χ4v) is 5.59. The average Bonchev–Trinajstić information content (AvgIpc) is 3.12. The van der Waals surface area contributed by atoms with E-state index in [1.807, 2.05) is 0 Å². The highest BCUT2D eigenvalue weighted by Crippen LogP contribution is 2.21. The third-order valence-corrected chi connectivity index (χ3v) is 8.76. The monoisotopic (exact) mass is 713 g/mol. The van der Waals surface area contributed by atoms with Crippen LogP contribution in [0.25, 0.3) is 0 Å². The molecule has 0 N–H and O–H groups in total. The molecule has 0 spiro atoms. The van der Waals surface area contributed by atoms with Gasteiger partial charge in [-0.3, -0.25) is 24.0 Å². The minimum Gasteiger partial charge on any atom is -0.466 e. The van der Waals surface area contributed by atoms with Crippen LogP contribution < -0.4 is 0 Å². The fraction of sp³-hybridized carbons (Fsp3) is 0.875. The molecule has 50 heavy (non-hydrogen) atoms. The first-order chi connectivity index (χ1) is 24.2. The van der Waals surface area contributed by atoms with Crippen molar-refractivity contribution in [3.63, 3.8) is 0 Å². The molecule has 0 bridgehead atoms. The quantitative estimate of drug-likeness (QED) is 0.0361. The zero-order valence-electron chi connectivity index (χ0n) is 32.4. The number of unbranched alkanes of at least 4 members (excludes halogenated alkanes) is 14. The third kappa shape index (κ3) is 28.1. The van der Waals surface area contributed by atoms with Gasteiger partial charge >= 0.3 is 29.8 Å². The number of carbonyl (C=O) groups is 5. The van der Waals surface area contributed by atoms with Crippen molar-refractivity contribution in [3.8, 4) is 0 Å². The highest BCUT2D eigenvalue weighted by atomic mass is 16.6. The number of rotatable bonds is 34. The van der Waals surface area contributed by atoms with Gasteiger partial charge in [0.2, 0.25) is 0 Å². The Balaban J connectivity index is 4.18. The summed E-state index contributed by atoms with van der Waals surface area (Å²) in [5.41, 5.74) is 0. The molecular weight excluding hydrogens is 640 g/mol. The van der Waals surface area contributed by atoms with Crippen molar-refractivity contribution >= 4 is 29.8 Å². The molecule has 0 amide bonds. The molecule has 0 fully saturated rings. The van der Waals surface area contributed by atoms with Crippen molar-refractivity contribution in [2.45, 2.75) is 213 Å². The van der Waals surface area contributed by atoms with Crippen LogP contribution in [-0.2, 0) is 47.7 Å². The van der Waals surface area contributed by atoms with Gasteiger partial charge in [0.25, 0.3) is 0 Å². The maximum Gasteiger partial charge on any atom is 0.305 e. The number of carbonyl (C=O) groups excluding carboxylic acids is 5. The highest BCUT2D eigenvalue weighted by Gasteiger charge is 2.27. The highest BCUT2D eigenvalue weighted by molar-refractivity contribution is 5.71. The van der Waals surface area contributed by atoms with Crippen molar-refractivity contribution in [1.29, 1.82) is 0 Å². The van der Waals surface area contributed by atoms with Crippen molar-refractivity contribution in [3.05, 3.63) is 0 Å². The van der Waals surface area contributed by atoms with E-state index in [2.05, 4.69) is 6.92 Å². The molecule has 0 aromatic carbocycles. The predicted octanol–water partition coefficient (Wildman–Crippen LogP) is 9.66. The number of esters is 5. The van der Waals surface area contributed by atoms with Crippen LogP contribution in [0.15, 0.2) is 0 Å². The molecule has 0 rings (SSSR count). The van der Waals surface area contributed by atoms with Crippen LogP contribution in [0.3, 0.4) is 0 Å². The molecule has 292 valence electrons. The lowest BCUT2D eigenvalue weighted by atomic mass is 9.99. The van der Waals surface area contributed by atoms with Gasteiger partial charge in [0.15, 0.2) is 0 Å². The van der Waals surface area contributed by atoms with Crippen molar-refractivity contribution < 1.29 is 47.7 Å². The van der Waals surface area contributed by atoms with Crippen LogP contribution in [0.1, 0.15) is 195 Å². The molecule has 0 radical (unpaired) electrons. The summed E-state index contributed by atoms with van der Waals surface area (Å²) in [6.45, 7) is 9.77. The molecule has 0 aliphatic carbocycles. The second-order valence-electron chi connectivity index (χ2n) is 13.3. The average molecular weight is 713 g/mol. The Bertz CT molecular complexity index is 889. The molecule has 10 nitrogen and oxygen atoms in total. The zero-order chi connectivity index (χ0) is 37.2.